The Hall–Kier alpha value is -2.38. The smallest absolute Gasteiger partial charge is 0.246 e. The van der Waals surface area contributed by atoms with Crippen molar-refractivity contribution in [2.75, 3.05) is 39.0 Å². The van der Waals surface area contributed by atoms with Crippen LogP contribution in [0.25, 0.3) is 6.08 Å². The summed E-state index contributed by atoms with van der Waals surface area (Å²) in [5.74, 6) is 0.831. The number of ether oxygens (including phenoxy) is 1. The summed E-state index contributed by atoms with van der Waals surface area (Å²) >= 11 is 1.55. The summed E-state index contributed by atoms with van der Waals surface area (Å²) < 4.78 is 5.20. The van der Waals surface area contributed by atoms with Gasteiger partial charge in [0.15, 0.2) is 5.13 Å². The molecule has 0 unspecified atom stereocenters. The van der Waals surface area contributed by atoms with Gasteiger partial charge in [-0.3, -0.25) is 9.69 Å². The Morgan fingerprint density at radius 3 is 2.77 bits per heavy atom. The predicted octanol–water partition coefficient (Wildman–Crippen LogP) is 2.40. The van der Waals surface area contributed by atoms with Crippen molar-refractivity contribution in [3.8, 4) is 5.75 Å². The summed E-state index contributed by atoms with van der Waals surface area (Å²) in [6.45, 7) is 6.02. The van der Waals surface area contributed by atoms with Gasteiger partial charge >= 0.3 is 0 Å². The van der Waals surface area contributed by atoms with Crippen LogP contribution < -0.4 is 10.5 Å². The molecule has 1 aromatic carbocycles. The first kappa shape index (κ1) is 18.4. The van der Waals surface area contributed by atoms with Crippen LogP contribution in [0.2, 0.25) is 0 Å². The third kappa shape index (κ3) is 4.62. The fraction of sp³-hybridized carbons (Fsp3) is 0.368. The number of nitrogens with two attached hydrogens (primary N) is 1. The number of piperazine rings is 1. The van der Waals surface area contributed by atoms with E-state index >= 15 is 0 Å². The molecule has 0 bridgehead atoms. The normalized spacial score (nSPS) is 15.5. The van der Waals surface area contributed by atoms with Crippen molar-refractivity contribution >= 4 is 28.5 Å². The molecule has 0 saturated carbocycles. The summed E-state index contributed by atoms with van der Waals surface area (Å²) in [4.78, 5) is 22.1. The van der Waals surface area contributed by atoms with E-state index in [1.165, 1.54) is 4.88 Å². The van der Waals surface area contributed by atoms with Gasteiger partial charge in [-0.25, -0.2) is 4.98 Å². The summed E-state index contributed by atoms with van der Waals surface area (Å²) in [5, 5.41) is 0.619. The zero-order valence-electron chi connectivity index (χ0n) is 15.1. The molecule has 0 aliphatic carbocycles. The second kappa shape index (κ2) is 8.33. The third-order valence-electron chi connectivity index (χ3n) is 4.47. The number of anilines is 1. The molecular weight excluding hydrogens is 348 g/mol. The van der Waals surface area contributed by atoms with E-state index in [1.54, 1.807) is 24.5 Å². The predicted molar refractivity (Wildman–Crippen MR) is 105 cm³/mol. The van der Waals surface area contributed by atoms with Crippen LogP contribution in [0, 0.1) is 6.92 Å². The van der Waals surface area contributed by atoms with E-state index in [4.69, 9.17) is 10.5 Å². The van der Waals surface area contributed by atoms with Crippen LogP contribution in [0.4, 0.5) is 5.13 Å². The lowest BCUT2D eigenvalue weighted by atomic mass is 10.2. The molecular formula is C19H24N4O2S. The number of hydrogen-bond donors (Lipinski definition) is 1. The number of hydrogen-bond acceptors (Lipinski definition) is 6. The second-order valence-corrected chi connectivity index (χ2v) is 7.39. The fourth-order valence-corrected chi connectivity index (χ4v) is 3.82. The minimum Gasteiger partial charge on any atom is -0.497 e. The number of amides is 1. The van der Waals surface area contributed by atoms with Crippen LogP contribution >= 0.6 is 11.3 Å². The Morgan fingerprint density at radius 2 is 2.12 bits per heavy atom. The van der Waals surface area contributed by atoms with Gasteiger partial charge in [-0.2, -0.15) is 0 Å². The maximum atomic E-state index is 12.4. The molecule has 138 valence electrons. The number of methoxy groups -OCH3 is 1. The molecule has 2 aromatic rings. The van der Waals surface area contributed by atoms with E-state index in [2.05, 4.69) is 9.88 Å². The zero-order valence-corrected chi connectivity index (χ0v) is 16.0. The Labute approximate surface area is 157 Å². The maximum Gasteiger partial charge on any atom is 0.246 e. The number of carbonyl (C=O) groups excluding carboxylic acids is 1. The van der Waals surface area contributed by atoms with E-state index < -0.39 is 0 Å². The number of rotatable bonds is 5. The lowest BCUT2D eigenvalue weighted by Gasteiger charge is -2.34. The topological polar surface area (TPSA) is 71.7 Å². The van der Waals surface area contributed by atoms with Crippen molar-refractivity contribution in [3.63, 3.8) is 0 Å². The molecule has 6 nitrogen and oxygen atoms in total. The number of nitrogen functional groups attached to an aromatic ring is 1. The average Bonchev–Trinajstić information content (AvgIpc) is 2.97. The van der Waals surface area contributed by atoms with E-state index in [1.807, 2.05) is 42.2 Å². The number of benzene rings is 1. The fourth-order valence-electron chi connectivity index (χ4n) is 2.94. The highest BCUT2D eigenvalue weighted by molar-refractivity contribution is 7.15. The van der Waals surface area contributed by atoms with E-state index in [0.29, 0.717) is 5.13 Å². The number of aromatic nitrogens is 1. The number of aryl methyl sites for hydroxylation is 1. The summed E-state index contributed by atoms with van der Waals surface area (Å²) in [6, 6.07) is 7.66. The molecule has 3 rings (SSSR count). The molecule has 1 aliphatic rings. The maximum absolute atomic E-state index is 12.4. The van der Waals surface area contributed by atoms with E-state index in [9.17, 15) is 4.79 Å². The Kier molecular flexibility index (Phi) is 5.90. The standard InChI is InChI=1S/C19H24N4O2S/c1-14-17(26-19(20)21-14)13-22-8-10-23(11-9-22)18(24)7-6-15-4-3-5-16(12-15)25-2/h3-7,12H,8-11,13H2,1-2H3,(H2,20,21)/b7-6+. The van der Waals surface area contributed by atoms with Gasteiger partial charge in [0.1, 0.15) is 5.75 Å². The molecule has 1 fully saturated rings. The van der Waals surface area contributed by atoms with Gasteiger partial charge in [0.05, 0.1) is 12.8 Å². The molecule has 1 saturated heterocycles. The molecule has 1 aromatic heterocycles. The largest absolute Gasteiger partial charge is 0.497 e. The monoisotopic (exact) mass is 372 g/mol. The van der Waals surface area contributed by atoms with Gasteiger partial charge in [-0.15, -0.1) is 11.3 Å². The van der Waals surface area contributed by atoms with E-state index in [0.717, 1.165) is 49.7 Å². The lowest BCUT2D eigenvalue weighted by molar-refractivity contribution is -0.127. The van der Waals surface area contributed by atoms with Crippen molar-refractivity contribution in [1.82, 2.24) is 14.8 Å². The van der Waals surface area contributed by atoms with Crippen LogP contribution in [-0.4, -0.2) is 54.0 Å². The zero-order chi connectivity index (χ0) is 18.5. The van der Waals surface area contributed by atoms with Crippen LogP contribution in [0.3, 0.4) is 0 Å². The lowest BCUT2D eigenvalue weighted by Crippen LogP contribution is -2.47. The second-order valence-electron chi connectivity index (χ2n) is 6.27. The molecule has 1 aliphatic heterocycles. The molecule has 2 N–H and O–H groups in total. The van der Waals surface area contributed by atoms with Crippen molar-refractivity contribution in [2.45, 2.75) is 13.5 Å². The number of thiazole rings is 1. The van der Waals surface area contributed by atoms with E-state index in [-0.39, 0.29) is 5.91 Å². The molecule has 7 heteroatoms. The number of nitrogens with zero attached hydrogens (tertiary/aromatic N) is 3. The molecule has 0 radical (unpaired) electrons. The summed E-state index contributed by atoms with van der Waals surface area (Å²) in [6.07, 6.45) is 3.47. The van der Waals surface area contributed by atoms with Crippen molar-refractivity contribution in [3.05, 3.63) is 46.5 Å². The minimum atomic E-state index is 0.0469. The first-order valence-corrected chi connectivity index (χ1v) is 9.42. The molecule has 0 spiro atoms. The Balaban J connectivity index is 1.51. The van der Waals surface area contributed by atoms with Crippen LogP contribution in [0.1, 0.15) is 16.1 Å². The Morgan fingerprint density at radius 1 is 1.35 bits per heavy atom. The van der Waals surface area contributed by atoms with Gasteiger partial charge in [0.2, 0.25) is 5.91 Å². The molecule has 0 atom stereocenters. The van der Waals surface area contributed by atoms with Gasteiger partial charge < -0.3 is 15.4 Å². The summed E-state index contributed by atoms with van der Waals surface area (Å²) in [7, 11) is 1.63. The van der Waals surface area contributed by atoms with Crippen LogP contribution in [-0.2, 0) is 11.3 Å². The van der Waals surface area contributed by atoms with Crippen molar-refractivity contribution in [1.29, 1.82) is 0 Å². The average molecular weight is 372 g/mol. The van der Waals surface area contributed by atoms with Gasteiger partial charge in [-0.05, 0) is 30.7 Å². The van der Waals surface area contributed by atoms with Crippen molar-refractivity contribution in [2.24, 2.45) is 0 Å². The highest BCUT2D eigenvalue weighted by atomic mass is 32.1. The Bertz CT molecular complexity index is 795. The van der Waals surface area contributed by atoms with Crippen molar-refractivity contribution < 1.29 is 9.53 Å². The first-order chi connectivity index (χ1) is 12.5. The quantitative estimate of drug-likeness (QED) is 0.816. The molecule has 26 heavy (non-hydrogen) atoms. The van der Waals surface area contributed by atoms with Gasteiger partial charge in [0, 0.05) is 43.7 Å². The molecule has 2 heterocycles. The van der Waals surface area contributed by atoms with Crippen LogP contribution in [0.15, 0.2) is 30.3 Å². The van der Waals surface area contributed by atoms with Gasteiger partial charge in [0.25, 0.3) is 0 Å². The van der Waals surface area contributed by atoms with Crippen LogP contribution in [0.5, 0.6) is 5.75 Å². The number of carbonyl (C=O) groups is 1. The SMILES string of the molecule is COc1cccc(/C=C/C(=O)N2CCN(Cc3sc(N)nc3C)CC2)c1. The van der Waals surface area contributed by atoms with Gasteiger partial charge in [-0.1, -0.05) is 12.1 Å². The highest BCUT2D eigenvalue weighted by Gasteiger charge is 2.20. The third-order valence-corrected chi connectivity index (χ3v) is 5.44. The highest BCUT2D eigenvalue weighted by Crippen LogP contribution is 2.22. The first-order valence-electron chi connectivity index (χ1n) is 8.60. The molecule has 1 amide bonds. The summed E-state index contributed by atoms with van der Waals surface area (Å²) in [5.41, 5.74) is 7.73. The minimum absolute atomic E-state index is 0.0469.